The number of unbranched alkanes of at least 4 members (excludes halogenated alkanes) is 1. The van der Waals surface area contributed by atoms with Gasteiger partial charge in [-0.15, -0.1) is 0 Å². The summed E-state index contributed by atoms with van der Waals surface area (Å²) >= 11 is 0. The molecule has 3 nitrogen and oxygen atoms in total. The summed E-state index contributed by atoms with van der Waals surface area (Å²) in [4.78, 5) is 0. The zero-order chi connectivity index (χ0) is 13.2. The first-order valence-corrected chi connectivity index (χ1v) is 6.76. The van der Waals surface area contributed by atoms with Crippen LogP contribution in [0.3, 0.4) is 0 Å². The zero-order valence-corrected chi connectivity index (χ0v) is 11.7. The molecule has 0 radical (unpaired) electrons. The summed E-state index contributed by atoms with van der Waals surface area (Å²) in [5.74, 6) is 1.72. The molecule has 1 unspecified atom stereocenters. The maximum absolute atomic E-state index is 5.67. The van der Waals surface area contributed by atoms with Crippen molar-refractivity contribution in [2.45, 2.75) is 39.2 Å². The van der Waals surface area contributed by atoms with Crippen molar-refractivity contribution < 1.29 is 9.47 Å². The van der Waals surface area contributed by atoms with Crippen LogP contribution < -0.4 is 14.8 Å². The predicted octanol–water partition coefficient (Wildman–Crippen LogP) is 3.24. The second kappa shape index (κ2) is 8.81. The molecule has 0 heterocycles. The van der Waals surface area contributed by atoms with Crippen LogP contribution in [0.15, 0.2) is 24.3 Å². The molecule has 0 bridgehead atoms. The fraction of sp³-hybridized carbons (Fsp3) is 0.600. The molecule has 1 atom stereocenters. The monoisotopic (exact) mass is 251 g/mol. The van der Waals surface area contributed by atoms with E-state index in [0.717, 1.165) is 37.5 Å². The highest BCUT2D eigenvalue weighted by atomic mass is 16.5. The van der Waals surface area contributed by atoms with E-state index in [2.05, 4.69) is 19.2 Å². The van der Waals surface area contributed by atoms with Gasteiger partial charge in [-0.05, 0) is 44.9 Å². The summed E-state index contributed by atoms with van der Waals surface area (Å²) in [6, 6.07) is 8.35. The Hall–Kier alpha value is -1.22. The lowest BCUT2D eigenvalue weighted by molar-refractivity contribution is 0.302. The summed E-state index contributed by atoms with van der Waals surface area (Å²) in [5.41, 5.74) is 0. The highest BCUT2D eigenvalue weighted by Crippen LogP contribution is 2.18. The maximum atomic E-state index is 5.67. The quantitative estimate of drug-likeness (QED) is 0.683. The average Bonchev–Trinajstić information content (AvgIpc) is 2.42. The summed E-state index contributed by atoms with van der Waals surface area (Å²) in [6.07, 6.45) is 3.40. The van der Waals surface area contributed by atoms with Crippen molar-refractivity contribution in [2.75, 3.05) is 20.3 Å². The average molecular weight is 251 g/mol. The fourth-order valence-electron chi connectivity index (χ4n) is 1.60. The van der Waals surface area contributed by atoms with E-state index in [1.54, 1.807) is 7.11 Å². The van der Waals surface area contributed by atoms with Crippen molar-refractivity contribution in [2.24, 2.45) is 0 Å². The Morgan fingerprint density at radius 1 is 1.22 bits per heavy atom. The Morgan fingerprint density at radius 3 is 2.72 bits per heavy atom. The number of nitrogens with one attached hydrogen (secondary N) is 1. The van der Waals surface area contributed by atoms with Crippen LogP contribution in [0.4, 0.5) is 0 Å². The van der Waals surface area contributed by atoms with Gasteiger partial charge in [0, 0.05) is 12.1 Å². The van der Waals surface area contributed by atoms with Gasteiger partial charge in [-0.2, -0.15) is 0 Å². The van der Waals surface area contributed by atoms with E-state index < -0.39 is 0 Å². The molecule has 1 aromatic rings. The Morgan fingerprint density at radius 2 is 2.00 bits per heavy atom. The van der Waals surface area contributed by atoms with E-state index in [1.807, 2.05) is 24.3 Å². The molecule has 0 aliphatic rings. The van der Waals surface area contributed by atoms with E-state index >= 15 is 0 Å². The first-order valence-electron chi connectivity index (χ1n) is 6.76. The number of hydrogen-bond acceptors (Lipinski definition) is 3. The summed E-state index contributed by atoms with van der Waals surface area (Å²) in [5, 5.41) is 3.47. The van der Waals surface area contributed by atoms with Crippen LogP contribution in [-0.4, -0.2) is 26.3 Å². The molecule has 0 aliphatic heterocycles. The molecule has 18 heavy (non-hydrogen) atoms. The molecule has 0 fully saturated rings. The molecule has 0 aromatic heterocycles. The second-order valence-corrected chi connectivity index (χ2v) is 4.50. The van der Waals surface area contributed by atoms with Crippen LogP contribution in [-0.2, 0) is 0 Å². The molecule has 1 rings (SSSR count). The van der Waals surface area contributed by atoms with Gasteiger partial charge in [-0.25, -0.2) is 0 Å². The normalized spacial score (nSPS) is 12.2. The topological polar surface area (TPSA) is 30.5 Å². The smallest absolute Gasteiger partial charge is 0.122 e. The van der Waals surface area contributed by atoms with Gasteiger partial charge in [0.2, 0.25) is 0 Å². The van der Waals surface area contributed by atoms with Gasteiger partial charge in [0.15, 0.2) is 0 Å². The predicted molar refractivity (Wildman–Crippen MR) is 75.5 cm³/mol. The molecule has 0 spiro atoms. The SMILES string of the molecule is CCC(C)NCCCCOc1cccc(OC)c1. The van der Waals surface area contributed by atoms with Crippen molar-refractivity contribution >= 4 is 0 Å². The van der Waals surface area contributed by atoms with Crippen LogP contribution in [0.25, 0.3) is 0 Å². The number of rotatable bonds is 9. The summed E-state index contributed by atoms with van der Waals surface area (Å²) in [6.45, 7) is 6.24. The second-order valence-electron chi connectivity index (χ2n) is 4.50. The lowest BCUT2D eigenvalue weighted by Crippen LogP contribution is -2.26. The van der Waals surface area contributed by atoms with Gasteiger partial charge in [-0.3, -0.25) is 0 Å². The van der Waals surface area contributed by atoms with Crippen LogP contribution in [0.1, 0.15) is 33.1 Å². The van der Waals surface area contributed by atoms with Crippen molar-refractivity contribution in [3.63, 3.8) is 0 Å². The van der Waals surface area contributed by atoms with Gasteiger partial charge in [0.25, 0.3) is 0 Å². The standard InChI is InChI=1S/C15H25NO2/c1-4-13(2)16-10-5-6-11-18-15-9-7-8-14(12-15)17-3/h7-9,12-13,16H,4-6,10-11H2,1-3H3. The third-order valence-corrected chi connectivity index (χ3v) is 2.99. The highest BCUT2D eigenvalue weighted by Gasteiger charge is 1.98. The van der Waals surface area contributed by atoms with Gasteiger partial charge in [0.1, 0.15) is 11.5 Å². The van der Waals surface area contributed by atoms with E-state index in [0.29, 0.717) is 6.04 Å². The molecule has 0 saturated carbocycles. The first-order chi connectivity index (χ1) is 8.76. The highest BCUT2D eigenvalue weighted by molar-refractivity contribution is 5.32. The Labute approximate surface area is 110 Å². The maximum Gasteiger partial charge on any atom is 0.122 e. The van der Waals surface area contributed by atoms with Crippen molar-refractivity contribution in [1.29, 1.82) is 0 Å². The Kier molecular flexibility index (Phi) is 7.26. The van der Waals surface area contributed by atoms with Gasteiger partial charge >= 0.3 is 0 Å². The lowest BCUT2D eigenvalue weighted by Gasteiger charge is -2.11. The van der Waals surface area contributed by atoms with Gasteiger partial charge in [-0.1, -0.05) is 13.0 Å². The number of hydrogen-bond donors (Lipinski definition) is 1. The molecule has 3 heteroatoms. The summed E-state index contributed by atoms with van der Waals surface area (Å²) in [7, 11) is 1.67. The Balaban J connectivity index is 2.10. The van der Waals surface area contributed by atoms with Crippen molar-refractivity contribution in [1.82, 2.24) is 5.32 Å². The van der Waals surface area contributed by atoms with Gasteiger partial charge < -0.3 is 14.8 Å². The lowest BCUT2D eigenvalue weighted by atomic mass is 10.2. The third-order valence-electron chi connectivity index (χ3n) is 2.99. The van der Waals surface area contributed by atoms with E-state index in [9.17, 15) is 0 Å². The fourth-order valence-corrected chi connectivity index (χ4v) is 1.60. The minimum absolute atomic E-state index is 0.615. The zero-order valence-electron chi connectivity index (χ0n) is 11.7. The Bertz CT molecular complexity index is 328. The first kappa shape index (κ1) is 14.8. The van der Waals surface area contributed by atoms with E-state index in [-0.39, 0.29) is 0 Å². The molecule has 0 amide bonds. The molecular formula is C15H25NO2. The third kappa shape index (κ3) is 5.92. The van der Waals surface area contributed by atoms with E-state index in [1.165, 1.54) is 6.42 Å². The van der Waals surface area contributed by atoms with Gasteiger partial charge in [0.05, 0.1) is 13.7 Å². The van der Waals surface area contributed by atoms with Crippen molar-refractivity contribution in [3.8, 4) is 11.5 Å². The largest absolute Gasteiger partial charge is 0.497 e. The van der Waals surface area contributed by atoms with E-state index in [4.69, 9.17) is 9.47 Å². The number of benzene rings is 1. The minimum Gasteiger partial charge on any atom is -0.497 e. The molecule has 1 aromatic carbocycles. The number of methoxy groups -OCH3 is 1. The molecule has 0 saturated heterocycles. The molecule has 102 valence electrons. The van der Waals surface area contributed by atoms with Crippen LogP contribution in [0.5, 0.6) is 11.5 Å². The van der Waals surface area contributed by atoms with Crippen LogP contribution in [0.2, 0.25) is 0 Å². The molecular weight excluding hydrogens is 226 g/mol. The van der Waals surface area contributed by atoms with Crippen LogP contribution >= 0.6 is 0 Å². The minimum atomic E-state index is 0.615. The molecule has 1 N–H and O–H groups in total. The molecule has 0 aliphatic carbocycles. The summed E-state index contributed by atoms with van der Waals surface area (Å²) < 4.78 is 10.8. The number of ether oxygens (including phenoxy) is 2. The van der Waals surface area contributed by atoms with Crippen LogP contribution in [0, 0.1) is 0 Å². The van der Waals surface area contributed by atoms with Crippen molar-refractivity contribution in [3.05, 3.63) is 24.3 Å².